The van der Waals surface area contributed by atoms with Crippen molar-refractivity contribution in [3.8, 4) is 0 Å². The molecular formula is C19H19F3N6O3S. The molecule has 1 fully saturated rings. The first kappa shape index (κ1) is 23.5. The number of hydrogen-bond acceptors (Lipinski definition) is 9. The lowest BCUT2D eigenvalue weighted by atomic mass is 10.2. The number of carbonyl (C=O) groups is 1. The largest absolute Gasteiger partial charge is 0.490 e. The molecule has 170 valence electrons. The van der Waals surface area contributed by atoms with Crippen molar-refractivity contribution in [2.75, 3.05) is 25.1 Å². The minimum atomic E-state index is -5.08. The van der Waals surface area contributed by atoms with Gasteiger partial charge in [-0.15, -0.1) is 11.3 Å². The van der Waals surface area contributed by atoms with Gasteiger partial charge in [-0.05, 0) is 18.2 Å². The van der Waals surface area contributed by atoms with E-state index in [1.54, 1.807) is 23.7 Å². The Kier molecular flexibility index (Phi) is 8.03. The predicted molar refractivity (Wildman–Crippen MR) is 109 cm³/mol. The predicted octanol–water partition coefficient (Wildman–Crippen LogP) is 3.28. The van der Waals surface area contributed by atoms with Gasteiger partial charge in [0.15, 0.2) is 0 Å². The molecule has 0 bridgehead atoms. The molecule has 0 saturated carbocycles. The quantitative estimate of drug-likeness (QED) is 0.582. The van der Waals surface area contributed by atoms with Crippen LogP contribution in [0.2, 0.25) is 0 Å². The number of anilines is 2. The van der Waals surface area contributed by atoms with E-state index in [0.29, 0.717) is 13.2 Å². The Morgan fingerprint density at radius 1 is 1.19 bits per heavy atom. The van der Waals surface area contributed by atoms with Crippen molar-refractivity contribution in [3.63, 3.8) is 0 Å². The van der Waals surface area contributed by atoms with Gasteiger partial charge in [0.2, 0.25) is 0 Å². The van der Waals surface area contributed by atoms with E-state index in [-0.39, 0.29) is 6.04 Å². The van der Waals surface area contributed by atoms with Crippen LogP contribution in [0.5, 0.6) is 0 Å². The summed E-state index contributed by atoms with van der Waals surface area (Å²) < 4.78 is 37.4. The van der Waals surface area contributed by atoms with E-state index >= 15 is 0 Å². The third-order valence-corrected chi connectivity index (χ3v) is 4.96. The minimum Gasteiger partial charge on any atom is -0.475 e. The average molecular weight is 468 g/mol. The smallest absolute Gasteiger partial charge is 0.475 e. The number of aliphatic carboxylic acids is 1. The molecule has 0 spiro atoms. The summed E-state index contributed by atoms with van der Waals surface area (Å²) >= 11 is 1.66. The minimum absolute atomic E-state index is 0.0168. The first-order valence-corrected chi connectivity index (χ1v) is 10.2. The number of nitrogens with zero attached hydrogens (tertiary/aromatic N) is 5. The van der Waals surface area contributed by atoms with Gasteiger partial charge in [-0.1, -0.05) is 6.07 Å². The molecule has 4 heterocycles. The zero-order chi connectivity index (χ0) is 23.0. The summed E-state index contributed by atoms with van der Waals surface area (Å²) in [5, 5.41) is 13.4. The van der Waals surface area contributed by atoms with Crippen LogP contribution in [0.1, 0.15) is 16.9 Å². The van der Waals surface area contributed by atoms with Crippen LogP contribution in [-0.2, 0) is 16.1 Å². The third-order valence-electron chi connectivity index (χ3n) is 4.20. The molecular weight excluding hydrogens is 449 g/mol. The number of carboxylic acid groups (broad SMARTS) is 1. The lowest BCUT2D eigenvalue weighted by molar-refractivity contribution is -0.192. The molecule has 2 N–H and O–H groups in total. The number of ether oxygens (including phenoxy) is 1. The van der Waals surface area contributed by atoms with Crippen LogP contribution in [0.15, 0.2) is 48.2 Å². The maximum absolute atomic E-state index is 10.6. The van der Waals surface area contributed by atoms with Gasteiger partial charge in [-0.3, -0.25) is 4.90 Å². The third kappa shape index (κ3) is 6.93. The maximum Gasteiger partial charge on any atom is 0.490 e. The second kappa shape index (κ2) is 10.9. The van der Waals surface area contributed by atoms with Crippen molar-refractivity contribution in [3.05, 3.63) is 59.1 Å². The average Bonchev–Trinajstić information content (AvgIpc) is 3.28. The molecule has 1 aliphatic rings. The highest BCUT2D eigenvalue weighted by Gasteiger charge is 2.38. The first-order chi connectivity index (χ1) is 15.3. The van der Waals surface area contributed by atoms with Gasteiger partial charge in [0.05, 0.1) is 25.8 Å². The summed E-state index contributed by atoms with van der Waals surface area (Å²) in [6.07, 6.45) is 0.266. The summed E-state index contributed by atoms with van der Waals surface area (Å²) in [5.41, 5.74) is 0. The van der Waals surface area contributed by atoms with Crippen LogP contribution in [0, 0.1) is 0 Å². The van der Waals surface area contributed by atoms with E-state index in [1.807, 2.05) is 35.8 Å². The maximum atomic E-state index is 10.6. The molecule has 1 atom stereocenters. The second-order valence-electron chi connectivity index (χ2n) is 6.43. The normalized spacial score (nSPS) is 16.7. The number of thiazole rings is 1. The second-order valence-corrected chi connectivity index (χ2v) is 7.41. The fourth-order valence-electron chi connectivity index (χ4n) is 2.74. The highest BCUT2D eigenvalue weighted by molar-refractivity contribution is 7.09. The first-order valence-electron chi connectivity index (χ1n) is 9.34. The number of morpholine rings is 1. The molecule has 1 saturated heterocycles. The van der Waals surface area contributed by atoms with Crippen molar-refractivity contribution in [1.82, 2.24) is 24.8 Å². The van der Waals surface area contributed by atoms with E-state index < -0.39 is 12.1 Å². The Labute approximate surface area is 184 Å². The van der Waals surface area contributed by atoms with E-state index in [2.05, 4.69) is 30.2 Å². The summed E-state index contributed by atoms with van der Waals surface area (Å²) in [5.74, 6) is -0.528. The lowest BCUT2D eigenvalue weighted by Gasteiger charge is -2.33. The topological polar surface area (TPSA) is 113 Å². The number of halogens is 3. The molecule has 0 aromatic carbocycles. The fourth-order valence-corrected chi connectivity index (χ4v) is 3.38. The van der Waals surface area contributed by atoms with Gasteiger partial charge in [0, 0.05) is 30.5 Å². The summed E-state index contributed by atoms with van der Waals surface area (Å²) in [7, 11) is 0. The van der Waals surface area contributed by atoms with Crippen LogP contribution >= 0.6 is 11.3 Å². The van der Waals surface area contributed by atoms with Gasteiger partial charge in [0.1, 0.15) is 22.5 Å². The Morgan fingerprint density at radius 3 is 2.66 bits per heavy atom. The van der Waals surface area contributed by atoms with Crippen LogP contribution < -0.4 is 5.32 Å². The SMILES string of the molecule is O=C(O)C(F)(F)F.c1ccc(Nc2ccnc(C3COCCN3Cc3nccs3)n2)nc1. The molecule has 4 rings (SSSR count). The van der Waals surface area contributed by atoms with Crippen LogP contribution in [0.25, 0.3) is 0 Å². The Bertz CT molecular complexity index is 991. The number of rotatable bonds is 5. The van der Waals surface area contributed by atoms with Gasteiger partial charge >= 0.3 is 12.1 Å². The van der Waals surface area contributed by atoms with Gasteiger partial charge < -0.3 is 15.2 Å². The lowest BCUT2D eigenvalue weighted by Crippen LogP contribution is -2.39. The molecule has 32 heavy (non-hydrogen) atoms. The van der Waals surface area contributed by atoms with Crippen LogP contribution in [0.3, 0.4) is 0 Å². The number of carboxylic acids is 1. The summed E-state index contributed by atoms with van der Waals surface area (Å²) in [6, 6.07) is 7.57. The van der Waals surface area contributed by atoms with Crippen molar-refractivity contribution >= 4 is 28.9 Å². The van der Waals surface area contributed by atoms with E-state index in [4.69, 9.17) is 14.6 Å². The molecule has 0 amide bonds. The standard InChI is InChI=1S/C17H18N6OS.C2HF3O2/c1-2-5-18-14(3-1)21-15-4-6-20-17(22-15)13-12-24-9-8-23(13)11-16-19-7-10-25-16;3-2(4,5)1(6)7/h1-7,10,13H,8-9,11-12H2,(H,18,20,21,22);(H,6,7). The van der Waals surface area contributed by atoms with Crippen molar-refractivity contribution in [2.45, 2.75) is 18.8 Å². The summed E-state index contributed by atoms with van der Waals surface area (Å²) in [6.45, 7) is 2.92. The zero-order valence-corrected chi connectivity index (χ0v) is 17.4. The van der Waals surface area contributed by atoms with Gasteiger partial charge in [-0.2, -0.15) is 13.2 Å². The highest BCUT2D eigenvalue weighted by Crippen LogP contribution is 2.25. The summed E-state index contributed by atoms with van der Waals surface area (Å²) in [4.78, 5) is 29.0. The van der Waals surface area contributed by atoms with E-state index in [9.17, 15) is 13.2 Å². The van der Waals surface area contributed by atoms with Crippen molar-refractivity contribution in [1.29, 1.82) is 0 Å². The molecule has 3 aromatic heterocycles. The highest BCUT2D eigenvalue weighted by atomic mass is 32.1. The number of pyridine rings is 1. The zero-order valence-electron chi connectivity index (χ0n) is 16.6. The van der Waals surface area contributed by atoms with Gasteiger partial charge in [0.25, 0.3) is 0 Å². The molecule has 0 aliphatic carbocycles. The number of alkyl halides is 3. The van der Waals surface area contributed by atoms with Crippen molar-refractivity contribution in [2.24, 2.45) is 0 Å². The fraction of sp³-hybridized carbons (Fsp3) is 0.316. The molecule has 0 radical (unpaired) electrons. The van der Waals surface area contributed by atoms with E-state index in [0.717, 1.165) is 35.6 Å². The number of aromatic nitrogens is 4. The molecule has 3 aromatic rings. The molecule has 9 nitrogen and oxygen atoms in total. The Morgan fingerprint density at radius 2 is 2.00 bits per heavy atom. The Balaban J connectivity index is 0.000000360. The van der Waals surface area contributed by atoms with Crippen LogP contribution in [-0.4, -0.2) is 61.8 Å². The Hall–Kier alpha value is -3.16. The number of hydrogen-bond donors (Lipinski definition) is 2. The number of nitrogens with one attached hydrogen (secondary N) is 1. The van der Waals surface area contributed by atoms with E-state index in [1.165, 1.54) is 0 Å². The van der Waals surface area contributed by atoms with Crippen LogP contribution in [0.4, 0.5) is 24.8 Å². The van der Waals surface area contributed by atoms with Gasteiger partial charge in [-0.25, -0.2) is 24.7 Å². The molecule has 1 aliphatic heterocycles. The van der Waals surface area contributed by atoms with Crippen molar-refractivity contribution < 1.29 is 27.8 Å². The molecule has 1 unspecified atom stereocenters. The monoisotopic (exact) mass is 468 g/mol. The molecule has 13 heteroatoms.